The van der Waals surface area contributed by atoms with Gasteiger partial charge >= 0.3 is 0 Å². The van der Waals surface area contributed by atoms with E-state index in [1.165, 1.54) is 0 Å². The Morgan fingerprint density at radius 1 is 1.50 bits per heavy atom. The number of nitrogens with zero attached hydrogens (tertiary/aromatic N) is 3. The average molecular weight is 224 g/mol. The smallest absolute Gasteiger partial charge is 0.228 e. The van der Waals surface area contributed by atoms with Crippen molar-refractivity contribution in [1.29, 1.82) is 0 Å². The summed E-state index contributed by atoms with van der Waals surface area (Å²) in [5.41, 5.74) is 5.94. The molecule has 0 saturated carbocycles. The molecule has 0 unspecified atom stereocenters. The minimum atomic E-state index is 0.0503. The normalized spacial score (nSPS) is 17.7. The van der Waals surface area contributed by atoms with E-state index in [0.29, 0.717) is 11.6 Å². The summed E-state index contributed by atoms with van der Waals surface area (Å²) in [6.45, 7) is 3.86. The molecule has 6 nitrogen and oxygen atoms in total. The topological polar surface area (TPSA) is 85.2 Å². The van der Waals surface area contributed by atoms with Crippen LogP contribution in [-0.4, -0.2) is 34.2 Å². The quantitative estimate of drug-likeness (QED) is 0.788. The summed E-state index contributed by atoms with van der Waals surface area (Å²) in [4.78, 5) is 13.7. The molecule has 6 heteroatoms. The van der Waals surface area contributed by atoms with Gasteiger partial charge in [-0.05, 0) is 23.9 Å². The molecule has 0 spiro atoms. The Balaban J connectivity index is 1.91. The van der Waals surface area contributed by atoms with E-state index >= 15 is 0 Å². The number of nitrogen functional groups attached to an aromatic ring is 1. The van der Waals surface area contributed by atoms with Gasteiger partial charge in [-0.2, -0.15) is 0 Å². The van der Waals surface area contributed by atoms with E-state index in [0.717, 1.165) is 25.9 Å². The van der Waals surface area contributed by atoms with Gasteiger partial charge in [0.15, 0.2) is 5.82 Å². The van der Waals surface area contributed by atoms with Crippen molar-refractivity contribution in [2.45, 2.75) is 26.2 Å². The molecule has 0 radical (unpaired) electrons. The van der Waals surface area contributed by atoms with Crippen LogP contribution in [0.4, 0.5) is 5.82 Å². The van der Waals surface area contributed by atoms with Gasteiger partial charge in [-0.3, -0.25) is 4.79 Å². The second kappa shape index (κ2) is 4.51. The standard InChI is InChI=1S/C10H16N4O2/c1-7-2-4-14(5-3-7)9(15)6-8-10(11)13-16-12-8/h7H,2-6H2,1H3,(H2,11,13). The van der Waals surface area contributed by atoms with Crippen LogP contribution in [0.25, 0.3) is 0 Å². The fraction of sp³-hybridized carbons (Fsp3) is 0.700. The number of likely N-dealkylation sites (tertiary alicyclic amines) is 1. The van der Waals surface area contributed by atoms with E-state index in [2.05, 4.69) is 21.9 Å². The van der Waals surface area contributed by atoms with Crippen molar-refractivity contribution in [3.63, 3.8) is 0 Å². The summed E-state index contributed by atoms with van der Waals surface area (Å²) in [5, 5.41) is 7.05. The number of rotatable bonds is 2. The first kappa shape index (κ1) is 10.9. The Labute approximate surface area is 93.7 Å². The molecule has 1 aliphatic heterocycles. The van der Waals surface area contributed by atoms with Crippen LogP contribution in [0, 0.1) is 5.92 Å². The van der Waals surface area contributed by atoms with E-state index in [9.17, 15) is 4.79 Å². The largest absolute Gasteiger partial charge is 0.379 e. The maximum atomic E-state index is 11.9. The first-order valence-electron chi connectivity index (χ1n) is 5.51. The fourth-order valence-electron chi connectivity index (χ4n) is 1.85. The molecule has 2 N–H and O–H groups in total. The maximum absolute atomic E-state index is 11.9. The number of anilines is 1. The fourth-order valence-corrected chi connectivity index (χ4v) is 1.85. The summed E-state index contributed by atoms with van der Waals surface area (Å²) < 4.78 is 4.45. The number of nitrogens with two attached hydrogens (primary N) is 1. The van der Waals surface area contributed by atoms with E-state index in [-0.39, 0.29) is 18.1 Å². The maximum Gasteiger partial charge on any atom is 0.228 e. The highest BCUT2D eigenvalue weighted by Gasteiger charge is 2.22. The van der Waals surface area contributed by atoms with Crippen molar-refractivity contribution >= 4 is 11.7 Å². The van der Waals surface area contributed by atoms with Crippen molar-refractivity contribution in [2.24, 2.45) is 5.92 Å². The second-order valence-corrected chi connectivity index (χ2v) is 4.34. The van der Waals surface area contributed by atoms with Crippen LogP contribution in [0.15, 0.2) is 4.63 Å². The summed E-state index contributed by atoms with van der Waals surface area (Å²) in [6.07, 6.45) is 2.32. The molecule has 1 fully saturated rings. The van der Waals surface area contributed by atoms with Crippen LogP contribution in [0.5, 0.6) is 0 Å². The second-order valence-electron chi connectivity index (χ2n) is 4.34. The third-order valence-corrected chi connectivity index (χ3v) is 3.04. The van der Waals surface area contributed by atoms with Crippen LogP contribution < -0.4 is 5.73 Å². The summed E-state index contributed by atoms with van der Waals surface area (Å²) in [5.74, 6) is 0.968. The van der Waals surface area contributed by atoms with Gasteiger partial charge in [0.2, 0.25) is 5.91 Å². The minimum Gasteiger partial charge on any atom is -0.379 e. The number of piperidine rings is 1. The molecular weight excluding hydrogens is 208 g/mol. The Kier molecular flexibility index (Phi) is 3.07. The Morgan fingerprint density at radius 3 is 2.75 bits per heavy atom. The Hall–Kier alpha value is -1.59. The minimum absolute atomic E-state index is 0.0503. The molecule has 1 aromatic heterocycles. The Morgan fingerprint density at radius 2 is 2.19 bits per heavy atom. The van der Waals surface area contributed by atoms with Gasteiger partial charge in [0.25, 0.3) is 0 Å². The van der Waals surface area contributed by atoms with Crippen LogP contribution in [-0.2, 0) is 11.2 Å². The molecular formula is C10H16N4O2. The van der Waals surface area contributed by atoms with Crippen LogP contribution in [0.1, 0.15) is 25.5 Å². The molecule has 2 rings (SSSR count). The van der Waals surface area contributed by atoms with E-state index in [4.69, 9.17) is 5.73 Å². The first-order valence-corrected chi connectivity index (χ1v) is 5.51. The summed E-state index contributed by atoms with van der Waals surface area (Å²) in [7, 11) is 0. The summed E-state index contributed by atoms with van der Waals surface area (Å²) >= 11 is 0. The molecule has 0 atom stereocenters. The van der Waals surface area contributed by atoms with Gasteiger partial charge < -0.3 is 10.6 Å². The summed E-state index contributed by atoms with van der Waals surface area (Å²) in [6, 6.07) is 0. The van der Waals surface area contributed by atoms with Crippen molar-refractivity contribution in [3.8, 4) is 0 Å². The van der Waals surface area contributed by atoms with Gasteiger partial charge in [0.05, 0.1) is 6.42 Å². The molecule has 1 amide bonds. The zero-order valence-corrected chi connectivity index (χ0v) is 9.35. The molecule has 1 aliphatic rings. The number of hydrogen-bond donors (Lipinski definition) is 1. The highest BCUT2D eigenvalue weighted by Crippen LogP contribution is 2.17. The lowest BCUT2D eigenvalue weighted by molar-refractivity contribution is -0.131. The highest BCUT2D eigenvalue weighted by molar-refractivity contribution is 5.79. The average Bonchev–Trinajstić information content (AvgIpc) is 2.65. The first-order chi connectivity index (χ1) is 7.66. The molecule has 2 heterocycles. The van der Waals surface area contributed by atoms with Crippen molar-refractivity contribution in [2.75, 3.05) is 18.8 Å². The van der Waals surface area contributed by atoms with Gasteiger partial charge in [-0.25, -0.2) is 4.63 Å². The third-order valence-electron chi connectivity index (χ3n) is 3.04. The monoisotopic (exact) mass is 224 g/mol. The molecule has 88 valence electrons. The van der Waals surface area contributed by atoms with E-state index < -0.39 is 0 Å². The molecule has 1 aromatic rings. The lowest BCUT2D eigenvalue weighted by Crippen LogP contribution is -2.38. The van der Waals surface area contributed by atoms with E-state index in [1.807, 2.05) is 4.90 Å². The van der Waals surface area contributed by atoms with Crippen molar-refractivity contribution in [3.05, 3.63) is 5.69 Å². The highest BCUT2D eigenvalue weighted by atomic mass is 16.6. The molecule has 16 heavy (non-hydrogen) atoms. The van der Waals surface area contributed by atoms with Crippen molar-refractivity contribution < 1.29 is 9.42 Å². The number of aromatic nitrogens is 2. The number of hydrogen-bond acceptors (Lipinski definition) is 5. The van der Waals surface area contributed by atoms with Crippen LogP contribution in [0.3, 0.4) is 0 Å². The zero-order chi connectivity index (χ0) is 11.5. The SMILES string of the molecule is CC1CCN(C(=O)Cc2nonc2N)CC1. The van der Waals surface area contributed by atoms with E-state index in [1.54, 1.807) is 0 Å². The number of amides is 1. The predicted molar refractivity (Wildman–Crippen MR) is 57.4 cm³/mol. The van der Waals surface area contributed by atoms with Gasteiger partial charge in [0, 0.05) is 13.1 Å². The molecule has 1 saturated heterocycles. The molecule has 0 bridgehead atoms. The lowest BCUT2D eigenvalue weighted by atomic mass is 9.99. The third kappa shape index (κ3) is 2.32. The number of carbonyl (C=O) groups is 1. The lowest BCUT2D eigenvalue weighted by Gasteiger charge is -2.30. The van der Waals surface area contributed by atoms with Crippen LogP contribution >= 0.6 is 0 Å². The van der Waals surface area contributed by atoms with Crippen LogP contribution in [0.2, 0.25) is 0 Å². The molecule has 0 aromatic carbocycles. The Bertz CT molecular complexity index is 369. The predicted octanol–water partition coefficient (Wildman–Crippen LogP) is 0.453. The number of carbonyl (C=O) groups excluding carboxylic acids is 1. The van der Waals surface area contributed by atoms with Gasteiger partial charge in [-0.15, -0.1) is 0 Å². The zero-order valence-electron chi connectivity index (χ0n) is 9.35. The van der Waals surface area contributed by atoms with Crippen molar-refractivity contribution in [1.82, 2.24) is 15.2 Å². The van der Waals surface area contributed by atoms with Gasteiger partial charge in [0.1, 0.15) is 5.69 Å². The molecule has 0 aliphatic carbocycles. The van der Waals surface area contributed by atoms with Gasteiger partial charge in [-0.1, -0.05) is 12.1 Å².